The van der Waals surface area contributed by atoms with Gasteiger partial charge in [0.05, 0.1) is 8.80 Å². The summed E-state index contributed by atoms with van der Waals surface area (Å²) in [6, 6.07) is 11.3. The lowest BCUT2D eigenvalue weighted by atomic mass is 10.4. The lowest BCUT2D eigenvalue weighted by Gasteiger charge is -2.28. The van der Waals surface area contributed by atoms with E-state index in [0.29, 0.717) is 0 Å². The first-order chi connectivity index (χ1) is 7.67. The summed E-state index contributed by atoms with van der Waals surface area (Å²) in [7, 11) is -2.18. The third-order valence-corrected chi connectivity index (χ3v) is 15.7. The predicted molar refractivity (Wildman–Crippen MR) is 88.1 cm³/mol. The molecule has 1 rings (SSSR count). The molecule has 0 nitrogen and oxygen atoms in total. The minimum atomic E-state index is -0.935. The van der Waals surface area contributed by atoms with E-state index in [1.165, 1.54) is 11.3 Å². The molecule has 3 heteroatoms. The van der Waals surface area contributed by atoms with Crippen LogP contribution in [0, 0.1) is 0 Å². The Balaban J connectivity index is 2.87. The molecule has 1 radical (unpaired) electrons. The highest BCUT2D eigenvalue weighted by Gasteiger charge is 2.28. The SMILES string of the molecule is C[Si](C)(C)C[Si](C[Si](C)(C)C)c1ccccc1. The molecule has 0 aliphatic carbocycles. The second kappa shape index (κ2) is 5.67. The van der Waals surface area contributed by atoms with Gasteiger partial charge in [0, 0.05) is 16.1 Å². The zero-order valence-corrected chi connectivity index (χ0v) is 15.3. The van der Waals surface area contributed by atoms with Crippen LogP contribution in [-0.2, 0) is 0 Å². The smallest absolute Gasteiger partial charge is 0.0697 e. The van der Waals surface area contributed by atoms with Gasteiger partial charge < -0.3 is 0 Å². The third kappa shape index (κ3) is 6.38. The van der Waals surface area contributed by atoms with Crippen molar-refractivity contribution in [3.63, 3.8) is 0 Å². The molecule has 0 heterocycles. The van der Waals surface area contributed by atoms with Gasteiger partial charge in [-0.3, -0.25) is 0 Å². The van der Waals surface area contributed by atoms with Crippen molar-refractivity contribution >= 4 is 30.1 Å². The summed E-state index contributed by atoms with van der Waals surface area (Å²) in [5.74, 6) is 0. The fraction of sp³-hybridized carbons (Fsp3) is 0.571. The monoisotopic (exact) mass is 279 g/mol. The number of hydrogen-bond donors (Lipinski definition) is 0. The maximum absolute atomic E-state index is 2.52. The molecule has 0 bridgehead atoms. The average Bonchev–Trinajstić information content (AvgIpc) is 2.14. The van der Waals surface area contributed by atoms with Gasteiger partial charge >= 0.3 is 0 Å². The Labute approximate surface area is 111 Å². The van der Waals surface area contributed by atoms with Crippen molar-refractivity contribution in [1.82, 2.24) is 0 Å². The molecule has 0 aliphatic rings. The van der Waals surface area contributed by atoms with Gasteiger partial charge in [0.25, 0.3) is 0 Å². The van der Waals surface area contributed by atoms with Crippen molar-refractivity contribution in [3.8, 4) is 0 Å². The topological polar surface area (TPSA) is 0 Å². The molecule has 0 saturated carbocycles. The second-order valence-electron chi connectivity index (χ2n) is 7.44. The Morgan fingerprint density at radius 1 is 0.765 bits per heavy atom. The summed E-state index contributed by atoms with van der Waals surface area (Å²) in [5, 5.41) is 1.67. The van der Waals surface area contributed by atoms with Crippen LogP contribution < -0.4 is 5.19 Å². The molecule has 17 heavy (non-hydrogen) atoms. The Bertz CT molecular complexity index is 317. The summed E-state index contributed by atoms with van der Waals surface area (Å²) in [4.78, 5) is 0. The maximum Gasteiger partial charge on any atom is 0.0801 e. The highest BCUT2D eigenvalue weighted by atomic mass is 28.4. The standard InChI is InChI=1S/C14H27Si3/c1-16(2,3)12-15(13-17(4,5)6)14-10-8-7-9-11-14/h7-11H,12-13H2,1-6H3. The molecular formula is C14H27Si3. The molecule has 0 spiro atoms. The van der Waals surface area contributed by atoms with E-state index in [4.69, 9.17) is 0 Å². The van der Waals surface area contributed by atoms with Gasteiger partial charge in [-0.2, -0.15) is 0 Å². The van der Waals surface area contributed by atoms with Crippen LogP contribution in [0.1, 0.15) is 0 Å². The summed E-state index contributed by atoms with van der Waals surface area (Å²) in [5.41, 5.74) is 3.07. The van der Waals surface area contributed by atoms with E-state index < -0.39 is 16.1 Å². The van der Waals surface area contributed by atoms with Crippen molar-refractivity contribution in [2.45, 2.75) is 50.6 Å². The Morgan fingerprint density at radius 2 is 1.18 bits per heavy atom. The first kappa shape index (κ1) is 14.9. The lowest BCUT2D eigenvalue weighted by molar-refractivity contribution is 1.53. The van der Waals surface area contributed by atoms with E-state index in [1.54, 1.807) is 5.19 Å². The zero-order valence-electron chi connectivity index (χ0n) is 12.3. The highest BCUT2D eigenvalue weighted by Crippen LogP contribution is 2.19. The molecule has 1 aromatic carbocycles. The molecule has 0 unspecified atom stereocenters. The third-order valence-electron chi connectivity index (χ3n) is 2.67. The molecule has 0 atom stereocenters. The number of rotatable bonds is 5. The summed E-state index contributed by atoms with van der Waals surface area (Å²) < 4.78 is 0. The fourth-order valence-corrected chi connectivity index (χ4v) is 16.4. The van der Waals surface area contributed by atoms with Crippen LogP contribution in [0.2, 0.25) is 50.6 Å². The number of benzene rings is 1. The molecule has 0 amide bonds. The minimum absolute atomic E-state index is 0.314. The average molecular weight is 280 g/mol. The van der Waals surface area contributed by atoms with Crippen molar-refractivity contribution in [1.29, 1.82) is 0 Å². The van der Waals surface area contributed by atoms with Crippen LogP contribution >= 0.6 is 0 Å². The molecule has 0 N–H and O–H groups in total. The van der Waals surface area contributed by atoms with E-state index in [9.17, 15) is 0 Å². The molecule has 0 saturated heterocycles. The Morgan fingerprint density at radius 3 is 1.53 bits per heavy atom. The second-order valence-corrected chi connectivity index (χ2v) is 22.3. The van der Waals surface area contributed by atoms with Crippen LogP contribution in [-0.4, -0.2) is 24.9 Å². The van der Waals surface area contributed by atoms with Crippen LogP contribution in [0.5, 0.6) is 0 Å². The summed E-state index contributed by atoms with van der Waals surface area (Å²) in [6.07, 6.45) is 0. The highest BCUT2D eigenvalue weighted by molar-refractivity contribution is 6.99. The maximum atomic E-state index is 2.52. The van der Waals surface area contributed by atoms with Crippen molar-refractivity contribution < 1.29 is 0 Å². The van der Waals surface area contributed by atoms with Gasteiger partial charge in [-0.15, -0.1) is 0 Å². The lowest BCUT2D eigenvalue weighted by Crippen LogP contribution is -2.43. The van der Waals surface area contributed by atoms with Crippen molar-refractivity contribution in [2.75, 3.05) is 0 Å². The van der Waals surface area contributed by atoms with E-state index in [-0.39, 0.29) is 8.80 Å². The molecule has 1 aromatic rings. The van der Waals surface area contributed by atoms with E-state index >= 15 is 0 Å². The first-order valence-electron chi connectivity index (χ1n) is 6.57. The normalized spacial score (nSPS) is 13.1. The fourth-order valence-electron chi connectivity index (χ4n) is 2.22. The molecular weight excluding hydrogens is 252 g/mol. The van der Waals surface area contributed by atoms with Crippen LogP contribution in [0.3, 0.4) is 0 Å². The molecule has 0 aliphatic heterocycles. The summed E-state index contributed by atoms with van der Waals surface area (Å²) in [6.45, 7) is 15.1. The zero-order chi connectivity index (χ0) is 13.1. The molecule has 95 valence electrons. The number of hydrogen-bond acceptors (Lipinski definition) is 0. The van der Waals surface area contributed by atoms with Crippen LogP contribution in [0.15, 0.2) is 30.3 Å². The Kier molecular flexibility index (Phi) is 4.98. The van der Waals surface area contributed by atoms with Gasteiger partial charge in [-0.05, 0) is 0 Å². The van der Waals surface area contributed by atoms with Crippen LogP contribution in [0.25, 0.3) is 0 Å². The summed E-state index contributed by atoms with van der Waals surface area (Å²) >= 11 is 0. The molecule has 0 fully saturated rings. The quantitative estimate of drug-likeness (QED) is 0.711. The van der Waals surface area contributed by atoms with E-state index in [2.05, 4.69) is 69.6 Å². The van der Waals surface area contributed by atoms with Gasteiger partial charge in [0.2, 0.25) is 0 Å². The van der Waals surface area contributed by atoms with E-state index in [0.717, 1.165) is 0 Å². The predicted octanol–water partition coefficient (Wildman–Crippen LogP) is 4.14. The van der Waals surface area contributed by atoms with Gasteiger partial charge in [-0.25, -0.2) is 0 Å². The minimum Gasteiger partial charge on any atom is -0.0697 e. The van der Waals surface area contributed by atoms with Crippen molar-refractivity contribution in [2.24, 2.45) is 0 Å². The van der Waals surface area contributed by atoms with Gasteiger partial charge in [0.1, 0.15) is 0 Å². The first-order valence-corrected chi connectivity index (χ1v) is 15.9. The largest absolute Gasteiger partial charge is 0.0801 e. The van der Waals surface area contributed by atoms with Gasteiger partial charge in [-0.1, -0.05) is 86.1 Å². The van der Waals surface area contributed by atoms with Crippen molar-refractivity contribution in [3.05, 3.63) is 30.3 Å². The van der Waals surface area contributed by atoms with Gasteiger partial charge in [0.15, 0.2) is 0 Å². The molecule has 0 aromatic heterocycles. The van der Waals surface area contributed by atoms with Crippen LogP contribution in [0.4, 0.5) is 0 Å². The van der Waals surface area contributed by atoms with E-state index in [1.807, 2.05) is 0 Å². The Hall–Kier alpha value is -0.129.